The summed E-state index contributed by atoms with van der Waals surface area (Å²) in [5.74, 6) is -0.220. The second-order valence-corrected chi connectivity index (χ2v) is 2.95. The lowest BCUT2D eigenvalue weighted by Crippen LogP contribution is -1.94. The largest absolute Gasteiger partial charge is 0.289 e. The monoisotopic (exact) mass is 200 g/mol. The van der Waals surface area contributed by atoms with Crippen molar-refractivity contribution >= 4 is 29.0 Å². The number of hydrogen-bond acceptors (Lipinski definition) is 1. The molecule has 0 spiro atoms. The lowest BCUT2D eigenvalue weighted by molar-refractivity contribution is 0.104. The zero-order valence-corrected chi connectivity index (χ0v) is 7.69. The molecule has 12 heavy (non-hydrogen) atoms. The second kappa shape index (κ2) is 3.74. The van der Waals surface area contributed by atoms with Crippen molar-refractivity contribution < 1.29 is 4.79 Å². The van der Waals surface area contributed by atoms with Gasteiger partial charge in [0.05, 0.1) is 10.0 Å². The minimum atomic E-state index is -0.220. The van der Waals surface area contributed by atoms with Crippen LogP contribution < -0.4 is 0 Å². The van der Waals surface area contributed by atoms with Crippen LogP contribution >= 0.6 is 23.2 Å². The molecule has 3 heteroatoms. The number of benzene rings is 1. The Bertz CT molecular complexity index is 331. The summed E-state index contributed by atoms with van der Waals surface area (Å²) in [5, 5.41) is 0.661. The molecule has 1 aromatic rings. The lowest BCUT2D eigenvalue weighted by Gasteiger charge is -2.00. The fourth-order valence-electron chi connectivity index (χ4n) is 0.804. The van der Waals surface area contributed by atoms with Gasteiger partial charge >= 0.3 is 0 Å². The van der Waals surface area contributed by atoms with E-state index < -0.39 is 0 Å². The van der Waals surface area contributed by atoms with E-state index in [0.29, 0.717) is 10.6 Å². The van der Waals surface area contributed by atoms with Gasteiger partial charge in [0.2, 0.25) is 0 Å². The van der Waals surface area contributed by atoms with Gasteiger partial charge in [0.1, 0.15) is 0 Å². The van der Waals surface area contributed by atoms with Crippen molar-refractivity contribution in [1.29, 1.82) is 0 Å². The van der Waals surface area contributed by atoms with Gasteiger partial charge in [-0.05, 0) is 18.2 Å². The van der Waals surface area contributed by atoms with Crippen molar-refractivity contribution in [3.63, 3.8) is 0 Å². The topological polar surface area (TPSA) is 17.1 Å². The van der Waals surface area contributed by atoms with Crippen molar-refractivity contribution in [2.24, 2.45) is 0 Å². The molecule has 1 nitrogen and oxygen atoms in total. The molecule has 0 bridgehead atoms. The molecule has 0 aliphatic carbocycles. The minimum absolute atomic E-state index is 0.220. The standard InChI is InChI=1S/C9H6Cl2O/c1-2-8(12)6-4-3-5-7(10)9(6)11/h2-5H,1H2. The summed E-state index contributed by atoms with van der Waals surface area (Å²) in [6.45, 7) is 3.36. The number of halogens is 2. The fraction of sp³-hybridized carbons (Fsp3) is 0. The molecular weight excluding hydrogens is 195 g/mol. The van der Waals surface area contributed by atoms with Crippen molar-refractivity contribution in [3.8, 4) is 0 Å². The molecule has 1 rings (SSSR count). The maximum Gasteiger partial charge on any atom is 0.186 e. The Labute approximate surface area is 80.6 Å². The van der Waals surface area contributed by atoms with Crippen molar-refractivity contribution in [3.05, 3.63) is 46.5 Å². The zero-order valence-electron chi connectivity index (χ0n) is 6.18. The molecule has 0 radical (unpaired) electrons. The SMILES string of the molecule is C=CC(=O)c1cccc(Cl)c1Cl. The second-order valence-electron chi connectivity index (χ2n) is 2.17. The minimum Gasteiger partial charge on any atom is -0.289 e. The van der Waals surface area contributed by atoms with Crippen LogP contribution in [0.3, 0.4) is 0 Å². The van der Waals surface area contributed by atoms with Crippen molar-refractivity contribution in [2.45, 2.75) is 0 Å². The molecule has 0 amide bonds. The number of allylic oxidation sites excluding steroid dienone is 1. The Morgan fingerprint density at radius 1 is 1.42 bits per heavy atom. The predicted molar refractivity (Wildman–Crippen MR) is 51.0 cm³/mol. The van der Waals surface area contributed by atoms with Crippen LogP contribution in [0.5, 0.6) is 0 Å². The molecule has 0 saturated carbocycles. The van der Waals surface area contributed by atoms with Gasteiger partial charge in [-0.3, -0.25) is 4.79 Å². The van der Waals surface area contributed by atoms with Gasteiger partial charge in [0, 0.05) is 5.56 Å². The highest BCUT2D eigenvalue weighted by molar-refractivity contribution is 6.44. The summed E-state index contributed by atoms with van der Waals surface area (Å²) in [6, 6.07) is 4.91. The third-order valence-corrected chi connectivity index (χ3v) is 2.22. The van der Waals surface area contributed by atoms with E-state index in [0.717, 1.165) is 0 Å². The Balaban J connectivity index is 3.25. The molecule has 0 aromatic heterocycles. The molecule has 0 aliphatic heterocycles. The van der Waals surface area contributed by atoms with Crippen molar-refractivity contribution in [1.82, 2.24) is 0 Å². The van der Waals surface area contributed by atoms with Crippen LogP contribution in [-0.4, -0.2) is 5.78 Å². The third kappa shape index (κ3) is 1.68. The van der Waals surface area contributed by atoms with E-state index in [1.807, 2.05) is 0 Å². The number of ketones is 1. The molecule has 1 aromatic carbocycles. The summed E-state index contributed by atoms with van der Waals surface area (Å²) in [6.07, 6.45) is 1.21. The highest BCUT2D eigenvalue weighted by Crippen LogP contribution is 2.25. The van der Waals surface area contributed by atoms with Crippen LogP contribution in [0.2, 0.25) is 10.0 Å². The van der Waals surface area contributed by atoms with Gasteiger partial charge in [0.25, 0.3) is 0 Å². The molecule has 0 saturated heterocycles. The van der Waals surface area contributed by atoms with Gasteiger partial charge < -0.3 is 0 Å². The molecule has 0 unspecified atom stereocenters. The average Bonchev–Trinajstić information content (AvgIpc) is 2.08. The predicted octanol–water partition coefficient (Wildman–Crippen LogP) is 3.36. The summed E-state index contributed by atoms with van der Waals surface area (Å²) in [4.78, 5) is 11.1. The van der Waals surface area contributed by atoms with Gasteiger partial charge in [-0.25, -0.2) is 0 Å². The Hall–Kier alpha value is -0.790. The maximum absolute atomic E-state index is 11.1. The quantitative estimate of drug-likeness (QED) is 0.529. The maximum atomic E-state index is 11.1. The number of hydrogen-bond donors (Lipinski definition) is 0. The first-order chi connectivity index (χ1) is 5.66. The smallest absolute Gasteiger partial charge is 0.186 e. The van der Waals surface area contributed by atoms with Gasteiger partial charge in [-0.2, -0.15) is 0 Å². The lowest BCUT2D eigenvalue weighted by atomic mass is 10.1. The Kier molecular flexibility index (Phi) is 2.90. The molecule has 0 heterocycles. The highest BCUT2D eigenvalue weighted by Gasteiger charge is 2.08. The van der Waals surface area contributed by atoms with E-state index in [1.54, 1.807) is 18.2 Å². The van der Waals surface area contributed by atoms with E-state index in [9.17, 15) is 4.79 Å². The van der Waals surface area contributed by atoms with Crippen LogP contribution in [0.25, 0.3) is 0 Å². The van der Waals surface area contributed by atoms with Gasteiger partial charge in [-0.15, -0.1) is 0 Å². The van der Waals surface area contributed by atoms with Crippen LogP contribution in [0.4, 0.5) is 0 Å². The Morgan fingerprint density at radius 2 is 2.08 bits per heavy atom. The Morgan fingerprint density at radius 3 is 2.67 bits per heavy atom. The first-order valence-electron chi connectivity index (χ1n) is 3.27. The van der Waals surface area contributed by atoms with Crippen LogP contribution in [0.15, 0.2) is 30.9 Å². The number of carbonyl (C=O) groups excluding carboxylic acids is 1. The summed E-state index contributed by atoms with van der Waals surface area (Å²) in [7, 11) is 0. The molecule has 0 atom stereocenters. The summed E-state index contributed by atoms with van der Waals surface area (Å²) < 4.78 is 0. The number of rotatable bonds is 2. The molecule has 0 fully saturated rings. The van der Waals surface area contributed by atoms with E-state index in [-0.39, 0.29) is 10.8 Å². The highest BCUT2D eigenvalue weighted by atomic mass is 35.5. The van der Waals surface area contributed by atoms with Crippen molar-refractivity contribution in [2.75, 3.05) is 0 Å². The van der Waals surface area contributed by atoms with Crippen LogP contribution in [0.1, 0.15) is 10.4 Å². The van der Waals surface area contributed by atoms with Crippen LogP contribution in [-0.2, 0) is 0 Å². The summed E-state index contributed by atoms with van der Waals surface area (Å²) in [5.41, 5.74) is 0.388. The first-order valence-corrected chi connectivity index (χ1v) is 4.03. The van der Waals surface area contributed by atoms with Gasteiger partial charge in [0.15, 0.2) is 5.78 Å². The third-order valence-electron chi connectivity index (χ3n) is 1.40. The van der Waals surface area contributed by atoms with E-state index in [1.165, 1.54) is 6.08 Å². The number of carbonyl (C=O) groups is 1. The molecule has 0 N–H and O–H groups in total. The average molecular weight is 201 g/mol. The van der Waals surface area contributed by atoms with Gasteiger partial charge in [-0.1, -0.05) is 35.8 Å². The normalized spacial score (nSPS) is 9.50. The van der Waals surface area contributed by atoms with Crippen LogP contribution in [0, 0.1) is 0 Å². The van der Waals surface area contributed by atoms with E-state index in [2.05, 4.69) is 6.58 Å². The zero-order chi connectivity index (χ0) is 9.14. The molecule has 0 aliphatic rings. The fourth-order valence-corrected chi connectivity index (χ4v) is 1.20. The molecule has 62 valence electrons. The van der Waals surface area contributed by atoms with E-state index in [4.69, 9.17) is 23.2 Å². The summed E-state index contributed by atoms with van der Waals surface area (Å²) >= 11 is 11.5. The first kappa shape index (κ1) is 9.30. The van der Waals surface area contributed by atoms with E-state index >= 15 is 0 Å². The molecular formula is C9H6Cl2O.